The molecule has 2 aromatic carbocycles. The highest BCUT2D eigenvalue weighted by atomic mass is 32.1. The van der Waals surface area contributed by atoms with Crippen molar-refractivity contribution >= 4 is 39.4 Å². The Morgan fingerprint density at radius 1 is 0.909 bits per heavy atom. The summed E-state index contributed by atoms with van der Waals surface area (Å²) in [4.78, 5) is 36.6. The molecule has 2 amide bonds. The fraction of sp³-hybridized carbons (Fsp3) is 0.375. The minimum atomic E-state index is -2.61. The molecule has 2 aromatic heterocycles. The van der Waals surface area contributed by atoms with Gasteiger partial charge < -0.3 is 14.8 Å². The van der Waals surface area contributed by atoms with E-state index in [-0.39, 0.29) is 18.5 Å². The number of ether oxygens (including phenoxy) is 2. The molecule has 4 rings (SSSR count). The molecular formula is C32H35F3N4O4S. The number of rotatable bonds is 8. The number of aromatic nitrogens is 2. The van der Waals surface area contributed by atoms with E-state index < -0.39 is 41.8 Å². The molecule has 0 saturated heterocycles. The summed E-state index contributed by atoms with van der Waals surface area (Å²) in [5.41, 5.74) is -0.299. The Hall–Kier alpha value is -4.19. The normalized spacial score (nSPS) is 12.7. The Balaban J connectivity index is 1.67. The van der Waals surface area contributed by atoms with E-state index in [1.807, 2.05) is 18.2 Å². The molecule has 4 aromatic rings. The van der Waals surface area contributed by atoms with Crippen molar-refractivity contribution in [3.63, 3.8) is 0 Å². The zero-order valence-corrected chi connectivity index (χ0v) is 26.2. The summed E-state index contributed by atoms with van der Waals surface area (Å²) in [6, 6.07) is 11.9. The molecule has 12 heteroatoms. The van der Waals surface area contributed by atoms with Crippen molar-refractivity contribution in [2.75, 3.05) is 11.4 Å². The summed E-state index contributed by atoms with van der Waals surface area (Å²) < 4.78 is 51.2. The van der Waals surface area contributed by atoms with Crippen molar-refractivity contribution in [1.82, 2.24) is 15.3 Å². The van der Waals surface area contributed by atoms with Crippen molar-refractivity contribution in [3.05, 3.63) is 78.0 Å². The fourth-order valence-corrected chi connectivity index (χ4v) is 5.19. The van der Waals surface area contributed by atoms with Gasteiger partial charge in [0.2, 0.25) is 5.95 Å². The Morgan fingerprint density at radius 2 is 1.59 bits per heavy atom. The molecule has 0 aliphatic carbocycles. The quantitative estimate of drug-likeness (QED) is 0.197. The van der Waals surface area contributed by atoms with E-state index in [0.717, 1.165) is 10.9 Å². The Morgan fingerprint density at radius 3 is 2.23 bits per heavy atom. The maximum atomic E-state index is 13.8. The maximum absolute atomic E-state index is 13.8. The van der Waals surface area contributed by atoms with E-state index in [0.29, 0.717) is 21.0 Å². The number of pyridine rings is 1. The number of carbonyl (C=O) groups excluding carboxylic acids is 2. The molecule has 1 unspecified atom stereocenters. The molecular weight excluding hydrogens is 593 g/mol. The molecule has 0 spiro atoms. The van der Waals surface area contributed by atoms with E-state index in [2.05, 4.69) is 15.3 Å². The van der Waals surface area contributed by atoms with Gasteiger partial charge in [0.25, 0.3) is 6.43 Å². The average Bonchev–Trinajstić information content (AvgIpc) is 3.39. The summed E-state index contributed by atoms with van der Waals surface area (Å²) in [5.74, 6) is -0.594. The van der Waals surface area contributed by atoms with E-state index >= 15 is 0 Å². The molecule has 0 aliphatic rings. The highest BCUT2D eigenvalue weighted by Gasteiger charge is 2.30. The van der Waals surface area contributed by atoms with Crippen LogP contribution in [0.25, 0.3) is 21.2 Å². The molecule has 1 N–H and O–H groups in total. The molecule has 0 aliphatic heterocycles. The zero-order chi connectivity index (χ0) is 32.2. The Kier molecular flexibility index (Phi) is 9.82. The molecule has 2 heterocycles. The topological polar surface area (TPSA) is 93.7 Å². The fourth-order valence-electron chi connectivity index (χ4n) is 4.28. The van der Waals surface area contributed by atoms with Gasteiger partial charge in [-0.25, -0.2) is 28.3 Å². The standard InChI is InChI=1S/C32H35F3N4O4S/c1-31(2,3)42-29(40)38-24(13-19-7-9-20(10-8-19)27(34)35)18-39(30(41)43-32(4,5)6)28-37-17-25(44-28)21-11-12-22-16-36-26(33)15-23(22)14-21/h7-12,14-17,24,27H,13,18H2,1-6H3,(H,38,40). The van der Waals surface area contributed by atoms with Crippen molar-refractivity contribution in [2.45, 2.75) is 71.6 Å². The lowest BCUT2D eigenvalue weighted by Gasteiger charge is -2.30. The molecule has 0 bridgehead atoms. The summed E-state index contributed by atoms with van der Waals surface area (Å²) in [5, 5.41) is 4.55. The molecule has 44 heavy (non-hydrogen) atoms. The largest absolute Gasteiger partial charge is 0.444 e. The van der Waals surface area contributed by atoms with E-state index in [1.165, 1.54) is 40.6 Å². The lowest BCUT2D eigenvalue weighted by atomic mass is 10.0. The molecule has 0 saturated carbocycles. The molecule has 8 nitrogen and oxygen atoms in total. The van der Waals surface area contributed by atoms with Crippen molar-refractivity contribution < 1.29 is 32.2 Å². The number of fused-ring (bicyclic) bond motifs is 1. The van der Waals surface area contributed by atoms with Crippen LogP contribution >= 0.6 is 11.3 Å². The first-order valence-corrected chi connectivity index (χ1v) is 14.8. The van der Waals surface area contributed by atoms with Gasteiger partial charge in [-0.05, 0) is 70.5 Å². The number of anilines is 1. The van der Waals surface area contributed by atoms with Gasteiger partial charge in [0.15, 0.2) is 5.13 Å². The number of benzene rings is 2. The predicted molar refractivity (Wildman–Crippen MR) is 165 cm³/mol. The number of hydrogen-bond acceptors (Lipinski definition) is 7. The highest BCUT2D eigenvalue weighted by Crippen LogP contribution is 2.34. The van der Waals surface area contributed by atoms with Crippen LogP contribution in [0, 0.1) is 5.95 Å². The maximum Gasteiger partial charge on any atom is 0.416 e. The number of nitrogens with one attached hydrogen (secondary N) is 1. The summed E-state index contributed by atoms with van der Waals surface area (Å²) in [7, 11) is 0. The third kappa shape index (κ3) is 9.15. The number of hydrogen-bond donors (Lipinski definition) is 1. The molecule has 1 atom stereocenters. The number of nitrogens with zero attached hydrogens (tertiary/aromatic N) is 3. The lowest BCUT2D eigenvalue weighted by Crippen LogP contribution is -2.49. The number of carbonyl (C=O) groups is 2. The van der Waals surface area contributed by atoms with Crippen molar-refractivity contribution in [2.24, 2.45) is 0 Å². The Bertz CT molecular complexity index is 1610. The van der Waals surface area contributed by atoms with Crippen LogP contribution in [-0.2, 0) is 15.9 Å². The Labute approximate surface area is 258 Å². The summed E-state index contributed by atoms with van der Waals surface area (Å²) in [6.07, 6.45) is -0.738. The van der Waals surface area contributed by atoms with Gasteiger partial charge in [0.05, 0.1) is 17.5 Å². The van der Waals surface area contributed by atoms with Gasteiger partial charge in [-0.2, -0.15) is 4.39 Å². The second-order valence-electron chi connectivity index (χ2n) is 12.3. The molecule has 0 radical (unpaired) electrons. The van der Waals surface area contributed by atoms with Gasteiger partial charge >= 0.3 is 12.2 Å². The first-order valence-electron chi connectivity index (χ1n) is 13.9. The van der Waals surface area contributed by atoms with Gasteiger partial charge in [-0.1, -0.05) is 47.7 Å². The minimum absolute atomic E-state index is 0.0632. The lowest BCUT2D eigenvalue weighted by molar-refractivity contribution is 0.0486. The van der Waals surface area contributed by atoms with Crippen LogP contribution < -0.4 is 10.2 Å². The summed E-state index contributed by atoms with van der Waals surface area (Å²) >= 11 is 1.22. The van der Waals surface area contributed by atoms with Gasteiger partial charge in [-0.15, -0.1) is 0 Å². The van der Waals surface area contributed by atoms with Crippen LogP contribution in [0.2, 0.25) is 0 Å². The summed E-state index contributed by atoms with van der Waals surface area (Å²) in [6.45, 7) is 10.3. The van der Waals surface area contributed by atoms with Crippen molar-refractivity contribution in [1.29, 1.82) is 0 Å². The third-order valence-electron chi connectivity index (χ3n) is 6.15. The zero-order valence-electron chi connectivity index (χ0n) is 25.4. The van der Waals surface area contributed by atoms with E-state index in [1.54, 1.807) is 59.9 Å². The number of halogens is 3. The van der Waals surface area contributed by atoms with E-state index in [9.17, 15) is 22.8 Å². The van der Waals surface area contributed by atoms with Crippen LogP contribution in [0.15, 0.2) is 60.9 Å². The number of alkyl halides is 2. The SMILES string of the molecule is CC(C)(C)OC(=O)NC(Cc1ccc(C(F)F)cc1)CN(C(=O)OC(C)(C)C)c1ncc(-c2ccc3cnc(F)cc3c2)s1. The van der Waals surface area contributed by atoms with Crippen LogP contribution in [0.5, 0.6) is 0 Å². The smallest absolute Gasteiger partial charge is 0.416 e. The predicted octanol–water partition coefficient (Wildman–Crippen LogP) is 8.31. The number of alkyl carbamates (subject to hydrolysis) is 1. The first-order chi connectivity index (χ1) is 20.6. The van der Waals surface area contributed by atoms with Crippen molar-refractivity contribution in [3.8, 4) is 10.4 Å². The molecule has 0 fully saturated rings. The molecule has 234 valence electrons. The van der Waals surface area contributed by atoms with Crippen LogP contribution in [0.3, 0.4) is 0 Å². The second kappa shape index (κ2) is 13.2. The number of amides is 2. The second-order valence-corrected chi connectivity index (χ2v) is 13.3. The average molecular weight is 629 g/mol. The van der Waals surface area contributed by atoms with Gasteiger partial charge in [0, 0.05) is 29.4 Å². The van der Waals surface area contributed by atoms with Crippen LogP contribution in [0.4, 0.5) is 27.9 Å². The van der Waals surface area contributed by atoms with Gasteiger partial charge in [-0.3, -0.25) is 4.90 Å². The van der Waals surface area contributed by atoms with Crippen LogP contribution in [-0.4, -0.2) is 45.9 Å². The van der Waals surface area contributed by atoms with Crippen LogP contribution in [0.1, 0.15) is 59.1 Å². The monoisotopic (exact) mass is 628 g/mol. The minimum Gasteiger partial charge on any atom is -0.444 e. The van der Waals surface area contributed by atoms with Gasteiger partial charge in [0.1, 0.15) is 11.2 Å². The third-order valence-corrected chi connectivity index (χ3v) is 7.22. The number of thiazole rings is 1. The first kappa shape index (κ1) is 32.7. The highest BCUT2D eigenvalue weighted by molar-refractivity contribution is 7.19. The van der Waals surface area contributed by atoms with E-state index in [4.69, 9.17) is 9.47 Å².